The van der Waals surface area contributed by atoms with E-state index >= 15 is 0 Å². The summed E-state index contributed by atoms with van der Waals surface area (Å²) in [5.74, 6) is 0. The number of hydrogen-bond donors (Lipinski definition) is 0. The number of alkyl halides is 3. The van der Waals surface area contributed by atoms with Crippen molar-refractivity contribution in [1.82, 2.24) is 4.31 Å². The van der Waals surface area contributed by atoms with E-state index in [1.807, 2.05) is 0 Å². The number of hydrogen-bond acceptors (Lipinski definition) is 3. The van der Waals surface area contributed by atoms with Crippen molar-refractivity contribution in [2.24, 2.45) is 0 Å². The Kier molecular flexibility index (Phi) is 3.94. The first-order chi connectivity index (χ1) is 10.3. The lowest BCUT2D eigenvalue weighted by atomic mass is 10.0. The van der Waals surface area contributed by atoms with Gasteiger partial charge in [0.1, 0.15) is 0 Å². The summed E-state index contributed by atoms with van der Waals surface area (Å²) in [7, 11) is -3.41. The maximum absolute atomic E-state index is 13.1. The normalized spacial score (nSPS) is 24.4. The molecule has 1 aliphatic carbocycles. The Morgan fingerprint density at radius 1 is 1.18 bits per heavy atom. The van der Waals surface area contributed by atoms with Gasteiger partial charge >= 0.3 is 6.18 Å². The molecule has 0 unspecified atom stereocenters. The molecule has 0 radical (unpaired) electrons. The van der Waals surface area contributed by atoms with Crippen molar-refractivity contribution in [3.05, 3.63) is 35.4 Å². The summed E-state index contributed by atoms with van der Waals surface area (Å²) in [6.07, 6.45) is -4.12. The van der Waals surface area contributed by atoms with Crippen LogP contribution in [0.15, 0.2) is 24.3 Å². The second-order valence-corrected chi connectivity index (χ2v) is 7.76. The van der Waals surface area contributed by atoms with Gasteiger partial charge in [0.25, 0.3) is 0 Å². The van der Waals surface area contributed by atoms with E-state index in [0.717, 1.165) is 6.07 Å². The minimum absolute atomic E-state index is 0.00861. The molecule has 122 valence electrons. The third kappa shape index (κ3) is 3.00. The molecule has 1 aliphatic heterocycles. The highest BCUT2D eigenvalue weighted by Crippen LogP contribution is 2.38. The monoisotopic (exact) mass is 335 g/mol. The molecule has 4 nitrogen and oxygen atoms in total. The predicted molar refractivity (Wildman–Crippen MR) is 73.7 cm³/mol. The Hall–Kier alpha value is -1.12. The molecule has 2 aliphatic rings. The van der Waals surface area contributed by atoms with Crippen LogP contribution in [0.4, 0.5) is 13.2 Å². The van der Waals surface area contributed by atoms with Crippen LogP contribution in [0.3, 0.4) is 0 Å². The van der Waals surface area contributed by atoms with Gasteiger partial charge < -0.3 is 4.74 Å². The molecule has 0 aromatic heterocycles. The van der Waals surface area contributed by atoms with Gasteiger partial charge in [-0.3, -0.25) is 0 Å². The summed E-state index contributed by atoms with van der Waals surface area (Å²) in [6, 6.07) is 5.16. The smallest absolute Gasteiger partial charge is 0.371 e. The van der Waals surface area contributed by atoms with E-state index in [1.165, 1.54) is 22.5 Å². The lowest BCUT2D eigenvalue weighted by Crippen LogP contribution is -2.44. The van der Waals surface area contributed by atoms with Crippen molar-refractivity contribution < 1.29 is 26.3 Å². The van der Waals surface area contributed by atoms with Gasteiger partial charge in [0.05, 0.1) is 23.5 Å². The third-order valence-corrected chi connectivity index (χ3v) is 6.31. The Morgan fingerprint density at radius 2 is 1.86 bits per heavy atom. The quantitative estimate of drug-likeness (QED) is 0.853. The fourth-order valence-electron chi connectivity index (χ4n) is 2.66. The predicted octanol–water partition coefficient (Wildman–Crippen LogP) is 2.57. The van der Waals surface area contributed by atoms with Gasteiger partial charge in [0, 0.05) is 13.1 Å². The maximum atomic E-state index is 13.1. The zero-order valence-corrected chi connectivity index (χ0v) is 12.5. The zero-order valence-electron chi connectivity index (χ0n) is 11.7. The zero-order chi connectivity index (χ0) is 16.0. The molecule has 3 rings (SSSR count). The van der Waals surface area contributed by atoms with E-state index in [-0.39, 0.29) is 30.5 Å². The summed E-state index contributed by atoms with van der Waals surface area (Å²) < 4.78 is 70.5. The van der Waals surface area contributed by atoms with Crippen LogP contribution in [0.2, 0.25) is 0 Å². The van der Waals surface area contributed by atoms with Crippen LogP contribution >= 0.6 is 0 Å². The third-order valence-electron chi connectivity index (χ3n) is 3.95. The number of nitrogens with zero attached hydrogens (tertiary/aromatic N) is 1. The molecule has 1 aromatic rings. The van der Waals surface area contributed by atoms with E-state index in [9.17, 15) is 21.6 Å². The summed E-state index contributed by atoms with van der Waals surface area (Å²) in [5, 5.41) is -0.371. The lowest BCUT2D eigenvalue weighted by Gasteiger charge is -2.33. The number of morpholine rings is 1. The topological polar surface area (TPSA) is 46.6 Å². The largest absolute Gasteiger partial charge is 0.416 e. The van der Waals surface area contributed by atoms with E-state index in [2.05, 4.69) is 0 Å². The van der Waals surface area contributed by atoms with Crippen molar-refractivity contribution in [2.75, 3.05) is 19.7 Å². The van der Waals surface area contributed by atoms with Crippen LogP contribution in [0, 0.1) is 0 Å². The Morgan fingerprint density at radius 3 is 2.50 bits per heavy atom. The summed E-state index contributed by atoms with van der Waals surface area (Å²) in [4.78, 5) is 0. The lowest BCUT2D eigenvalue weighted by molar-refractivity contribution is -0.140. The number of ether oxygens (including phenoxy) is 1. The summed E-state index contributed by atoms with van der Waals surface area (Å²) >= 11 is 0. The maximum Gasteiger partial charge on any atom is 0.416 e. The Balaban J connectivity index is 1.87. The van der Waals surface area contributed by atoms with Gasteiger partial charge in [0.15, 0.2) is 0 Å². The molecule has 0 N–H and O–H groups in total. The molecule has 22 heavy (non-hydrogen) atoms. The van der Waals surface area contributed by atoms with Gasteiger partial charge in [-0.2, -0.15) is 17.5 Å². The number of benzene rings is 1. The number of sulfonamides is 1. The molecule has 2 fully saturated rings. The molecule has 0 amide bonds. The van der Waals surface area contributed by atoms with Crippen molar-refractivity contribution in [3.63, 3.8) is 0 Å². The molecule has 8 heteroatoms. The van der Waals surface area contributed by atoms with Crippen molar-refractivity contribution in [2.45, 2.75) is 30.4 Å². The average molecular weight is 335 g/mol. The van der Waals surface area contributed by atoms with Crippen LogP contribution in [0.25, 0.3) is 0 Å². The molecule has 1 saturated heterocycles. The first-order valence-corrected chi connectivity index (χ1v) is 8.57. The van der Waals surface area contributed by atoms with Gasteiger partial charge in [-0.1, -0.05) is 18.2 Å². The van der Waals surface area contributed by atoms with Gasteiger partial charge in [-0.15, -0.1) is 0 Å². The van der Waals surface area contributed by atoms with Crippen LogP contribution in [0.1, 0.15) is 30.1 Å². The molecule has 1 atom stereocenters. The van der Waals surface area contributed by atoms with Crippen molar-refractivity contribution >= 4 is 10.0 Å². The van der Waals surface area contributed by atoms with Crippen LogP contribution in [-0.4, -0.2) is 37.7 Å². The second kappa shape index (κ2) is 5.50. The highest BCUT2D eigenvalue weighted by Gasteiger charge is 2.43. The molecule has 0 bridgehead atoms. The fourth-order valence-corrected chi connectivity index (χ4v) is 4.48. The minimum Gasteiger partial charge on any atom is -0.371 e. The Bertz CT molecular complexity index is 656. The first kappa shape index (κ1) is 15.8. The summed E-state index contributed by atoms with van der Waals surface area (Å²) in [5.41, 5.74) is -0.781. The minimum atomic E-state index is -4.49. The van der Waals surface area contributed by atoms with Crippen molar-refractivity contribution in [1.29, 1.82) is 0 Å². The van der Waals surface area contributed by atoms with Crippen LogP contribution in [-0.2, 0) is 20.9 Å². The van der Waals surface area contributed by atoms with E-state index in [4.69, 9.17) is 4.74 Å². The van der Waals surface area contributed by atoms with E-state index in [1.54, 1.807) is 0 Å². The first-order valence-electron chi connectivity index (χ1n) is 7.07. The molecule has 0 spiro atoms. The van der Waals surface area contributed by atoms with Crippen molar-refractivity contribution in [3.8, 4) is 0 Å². The average Bonchev–Trinajstić information content (AvgIpc) is 3.31. The molecular weight excluding hydrogens is 319 g/mol. The van der Waals surface area contributed by atoms with Gasteiger partial charge in [-0.05, 0) is 24.5 Å². The van der Waals surface area contributed by atoms with E-state index < -0.39 is 27.9 Å². The van der Waals surface area contributed by atoms with Gasteiger partial charge in [-0.25, -0.2) is 8.42 Å². The molecule has 1 saturated carbocycles. The fraction of sp³-hybridized carbons (Fsp3) is 0.571. The van der Waals surface area contributed by atoms with E-state index in [0.29, 0.717) is 12.8 Å². The summed E-state index contributed by atoms with van der Waals surface area (Å²) in [6.45, 7) is 0.234. The highest BCUT2D eigenvalue weighted by atomic mass is 32.2. The SMILES string of the molecule is O=S(=O)(C1CC1)N1CCO[C@H](c2ccccc2C(F)(F)F)C1. The van der Waals surface area contributed by atoms with Crippen LogP contribution < -0.4 is 0 Å². The standard InChI is InChI=1S/C14H16F3NO3S/c15-14(16,17)12-4-2-1-3-11(12)13-9-18(7-8-21-13)22(19,20)10-5-6-10/h1-4,10,13H,5-9H2/t13-/m0/s1. The van der Waals surface area contributed by atoms with Gasteiger partial charge in [0.2, 0.25) is 10.0 Å². The second-order valence-electron chi connectivity index (χ2n) is 5.55. The molecular formula is C14H16F3NO3S. The Labute approximate surface area is 126 Å². The highest BCUT2D eigenvalue weighted by molar-refractivity contribution is 7.90. The number of halogens is 3. The molecule has 1 aromatic carbocycles. The molecule has 1 heterocycles. The van der Waals surface area contributed by atoms with Crippen LogP contribution in [0.5, 0.6) is 0 Å². The number of rotatable bonds is 3.